The van der Waals surface area contributed by atoms with E-state index in [4.69, 9.17) is 0 Å². The quantitative estimate of drug-likeness (QED) is 0.910. The van der Waals surface area contributed by atoms with Crippen LogP contribution in [0.4, 0.5) is 5.95 Å². The van der Waals surface area contributed by atoms with Gasteiger partial charge in [0.25, 0.3) is 0 Å². The van der Waals surface area contributed by atoms with Crippen molar-refractivity contribution in [3.05, 3.63) is 46.2 Å². The number of nitrogens with zero attached hydrogens (tertiary/aromatic N) is 2. The molecule has 0 aliphatic carbocycles. The predicted octanol–water partition coefficient (Wildman–Crippen LogP) is 3.82. The third-order valence-electron chi connectivity index (χ3n) is 2.73. The molecule has 96 valence electrons. The van der Waals surface area contributed by atoms with Crippen LogP contribution in [0.5, 0.6) is 0 Å². The maximum atomic E-state index is 4.51. The molecule has 0 aliphatic heterocycles. The SMILES string of the molecule is CCCNc1nc(C)cn1Cc1ccccc1Br. The summed E-state index contributed by atoms with van der Waals surface area (Å²) in [4.78, 5) is 4.51. The Kier molecular flexibility index (Phi) is 4.42. The standard InChI is InChI=1S/C14H18BrN3/c1-3-8-16-14-17-11(2)9-18(14)10-12-6-4-5-7-13(12)15/h4-7,9H,3,8,10H2,1-2H3,(H,16,17). The van der Waals surface area contributed by atoms with Gasteiger partial charge in [0.1, 0.15) is 0 Å². The molecule has 1 aromatic carbocycles. The number of aryl methyl sites for hydroxylation is 1. The Hall–Kier alpha value is -1.29. The van der Waals surface area contributed by atoms with Gasteiger partial charge in [-0.15, -0.1) is 0 Å². The highest BCUT2D eigenvalue weighted by Gasteiger charge is 2.07. The zero-order valence-electron chi connectivity index (χ0n) is 10.8. The summed E-state index contributed by atoms with van der Waals surface area (Å²) in [5, 5.41) is 3.36. The number of rotatable bonds is 5. The lowest BCUT2D eigenvalue weighted by atomic mass is 10.2. The maximum absolute atomic E-state index is 4.51. The van der Waals surface area contributed by atoms with Crippen LogP contribution >= 0.6 is 15.9 Å². The van der Waals surface area contributed by atoms with Crippen LogP contribution in [0.2, 0.25) is 0 Å². The van der Waals surface area contributed by atoms with Gasteiger partial charge in [0, 0.05) is 17.2 Å². The van der Waals surface area contributed by atoms with Gasteiger partial charge in [0.05, 0.1) is 12.2 Å². The average Bonchev–Trinajstić information content (AvgIpc) is 2.70. The van der Waals surface area contributed by atoms with Crippen molar-refractivity contribution in [2.45, 2.75) is 26.8 Å². The molecule has 3 nitrogen and oxygen atoms in total. The van der Waals surface area contributed by atoms with E-state index in [1.807, 2.05) is 13.0 Å². The first-order chi connectivity index (χ1) is 8.70. The average molecular weight is 308 g/mol. The van der Waals surface area contributed by atoms with Gasteiger partial charge in [-0.2, -0.15) is 0 Å². The van der Waals surface area contributed by atoms with E-state index in [0.717, 1.165) is 35.6 Å². The molecule has 2 rings (SSSR count). The van der Waals surface area contributed by atoms with E-state index in [9.17, 15) is 0 Å². The number of hydrogen-bond donors (Lipinski definition) is 1. The summed E-state index contributed by atoms with van der Waals surface area (Å²) in [5.41, 5.74) is 2.30. The Balaban J connectivity index is 2.20. The van der Waals surface area contributed by atoms with E-state index >= 15 is 0 Å². The minimum Gasteiger partial charge on any atom is -0.356 e. The summed E-state index contributed by atoms with van der Waals surface area (Å²) in [6, 6.07) is 8.29. The molecule has 4 heteroatoms. The van der Waals surface area contributed by atoms with Crippen LogP contribution in [-0.4, -0.2) is 16.1 Å². The Morgan fingerprint density at radius 1 is 1.33 bits per heavy atom. The summed E-state index contributed by atoms with van der Waals surface area (Å²) in [6.45, 7) is 5.95. The number of benzene rings is 1. The van der Waals surface area contributed by atoms with Crippen LogP contribution in [0, 0.1) is 6.92 Å². The summed E-state index contributed by atoms with van der Waals surface area (Å²) in [5.74, 6) is 0.949. The smallest absolute Gasteiger partial charge is 0.203 e. The first kappa shape index (κ1) is 13.1. The molecule has 2 aromatic rings. The molecule has 1 N–H and O–H groups in total. The molecule has 1 heterocycles. The molecule has 0 atom stereocenters. The van der Waals surface area contributed by atoms with Crippen molar-refractivity contribution in [2.75, 3.05) is 11.9 Å². The molecule has 18 heavy (non-hydrogen) atoms. The van der Waals surface area contributed by atoms with E-state index in [2.05, 4.69) is 62.1 Å². The van der Waals surface area contributed by atoms with Gasteiger partial charge in [-0.25, -0.2) is 4.98 Å². The third-order valence-corrected chi connectivity index (χ3v) is 3.50. The van der Waals surface area contributed by atoms with Crippen LogP contribution in [-0.2, 0) is 6.54 Å². The molecule has 0 aliphatic rings. The normalized spacial score (nSPS) is 10.6. The van der Waals surface area contributed by atoms with Gasteiger partial charge in [-0.3, -0.25) is 0 Å². The zero-order valence-corrected chi connectivity index (χ0v) is 12.4. The van der Waals surface area contributed by atoms with Gasteiger partial charge in [-0.1, -0.05) is 41.1 Å². The van der Waals surface area contributed by atoms with Crippen molar-refractivity contribution >= 4 is 21.9 Å². The van der Waals surface area contributed by atoms with Gasteiger partial charge in [-0.05, 0) is 25.0 Å². The molecule has 0 bridgehead atoms. The van der Waals surface area contributed by atoms with Crippen LogP contribution in [0.25, 0.3) is 0 Å². The van der Waals surface area contributed by atoms with Crippen LogP contribution in [0.1, 0.15) is 24.6 Å². The largest absolute Gasteiger partial charge is 0.356 e. The number of nitrogens with one attached hydrogen (secondary N) is 1. The summed E-state index contributed by atoms with van der Waals surface area (Å²) in [6.07, 6.45) is 3.18. The van der Waals surface area contributed by atoms with E-state index in [1.165, 1.54) is 5.56 Å². The molecule has 0 amide bonds. The molecule has 1 aromatic heterocycles. The van der Waals surface area contributed by atoms with E-state index < -0.39 is 0 Å². The minimum atomic E-state index is 0.828. The van der Waals surface area contributed by atoms with Crippen molar-refractivity contribution in [2.24, 2.45) is 0 Å². The molecule has 0 spiro atoms. The van der Waals surface area contributed by atoms with Gasteiger partial charge < -0.3 is 9.88 Å². The second kappa shape index (κ2) is 6.05. The minimum absolute atomic E-state index is 0.828. The molecule has 0 saturated carbocycles. The highest BCUT2D eigenvalue weighted by Crippen LogP contribution is 2.19. The Bertz CT molecular complexity index is 520. The van der Waals surface area contributed by atoms with Crippen LogP contribution in [0.15, 0.2) is 34.9 Å². The molecular formula is C14H18BrN3. The van der Waals surface area contributed by atoms with Crippen molar-refractivity contribution in [3.8, 4) is 0 Å². The Morgan fingerprint density at radius 3 is 2.83 bits per heavy atom. The summed E-state index contributed by atoms with van der Waals surface area (Å²) in [7, 11) is 0. The second-order valence-corrected chi connectivity index (χ2v) is 5.21. The number of anilines is 1. The first-order valence-corrected chi connectivity index (χ1v) is 7.01. The van der Waals surface area contributed by atoms with Crippen molar-refractivity contribution in [1.82, 2.24) is 9.55 Å². The van der Waals surface area contributed by atoms with Crippen LogP contribution < -0.4 is 5.32 Å². The fraction of sp³-hybridized carbons (Fsp3) is 0.357. The lowest BCUT2D eigenvalue weighted by Crippen LogP contribution is -2.08. The molecular weight excluding hydrogens is 290 g/mol. The van der Waals surface area contributed by atoms with Gasteiger partial charge >= 0.3 is 0 Å². The number of imidazole rings is 1. The van der Waals surface area contributed by atoms with Gasteiger partial charge in [0.2, 0.25) is 5.95 Å². The van der Waals surface area contributed by atoms with Crippen molar-refractivity contribution in [1.29, 1.82) is 0 Å². The number of hydrogen-bond acceptors (Lipinski definition) is 2. The van der Waals surface area contributed by atoms with Crippen molar-refractivity contribution in [3.63, 3.8) is 0 Å². The third kappa shape index (κ3) is 3.13. The fourth-order valence-corrected chi connectivity index (χ4v) is 2.27. The Labute approximate surface area is 116 Å². The molecule has 0 unspecified atom stereocenters. The van der Waals surface area contributed by atoms with Gasteiger partial charge in [0.15, 0.2) is 0 Å². The highest BCUT2D eigenvalue weighted by molar-refractivity contribution is 9.10. The van der Waals surface area contributed by atoms with Crippen molar-refractivity contribution < 1.29 is 0 Å². The molecule has 0 radical (unpaired) electrons. The zero-order chi connectivity index (χ0) is 13.0. The summed E-state index contributed by atoms with van der Waals surface area (Å²) >= 11 is 3.58. The monoisotopic (exact) mass is 307 g/mol. The lowest BCUT2D eigenvalue weighted by molar-refractivity contribution is 0.790. The van der Waals surface area contributed by atoms with E-state index in [-0.39, 0.29) is 0 Å². The van der Waals surface area contributed by atoms with Crippen LogP contribution in [0.3, 0.4) is 0 Å². The topological polar surface area (TPSA) is 29.9 Å². The maximum Gasteiger partial charge on any atom is 0.203 e. The molecule has 0 saturated heterocycles. The van der Waals surface area contributed by atoms with E-state index in [1.54, 1.807) is 0 Å². The number of aromatic nitrogens is 2. The lowest BCUT2D eigenvalue weighted by Gasteiger charge is -2.10. The highest BCUT2D eigenvalue weighted by atomic mass is 79.9. The predicted molar refractivity (Wildman–Crippen MR) is 79.0 cm³/mol. The fourth-order valence-electron chi connectivity index (χ4n) is 1.86. The number of halogens is 1. The van der Waals surface area contributed by atoms with E-state index in [0.29, 0.717) is 0 Å². The molecule has 0 fully saturated rings. The first-order valence-electron chi connectivity index (χ1n) is 6.21. The Morgan fingerprint density at radius 2 is 2.11 bits per heavy atom. The second-order valence-electron chi connectivity index (χ2n) is 4.35. The summed E-state index contributed by atoms with van der Waals surface area (Å²) < 4.78 is 3.29.